The van der Waals surface area contributed by atoms with E-state index in [1.54, 1.807) is 34.0 Å². The average molecular weight is 1040 g/mol. The van der Waals surface area contributed by atoms with Gasteiger partial charge in [-0.25, -0.2) is 9.18 Å². The maximum atomic E-state index is 16.7. The van der Waals surface area contributed by atoms with E-state index < -0.39 is 106 Å². The van der Waals surface area contributed by atoms with E-state index in [-0.39, 0.29) is 66.2 Å². The summed E-state index contributed by atoms with van der Waals surface area (Å²) >= 11 is 0. The number of alkyl halides is 1. The van der Waals surface area contributed by atoms with Gasteiger partial charge in [0.25, 0.3) is 11.7 Å². The van der Waals surface area contributed by atoms with Crippen molar-refractivity contribution in [2.75, 3.05) is 27.9 Å². The maximum absolute atomic E-state index is 16.7. The minimum absolute atomic E-state index is 0.00602. The number of aliphatic hydroxyl groups is 1. The number of Topliss-reactive ketones (excluding diaryl/α,β-unsaturated/α-hetero) is 2. The lowest BCUT2D eigenvalue weighted by Crippen LogP contribution is -2.64. The molecule has 1 amide bonds. The zero-order chi connectivity index (χ0) is 53.8. The van der Waals surface area contributed by atoms with Crippen LogP contribution in [0.2, 0.25) is 36.3 Å². The molecule has 3 fully saturated rings. The second-order valence-corrected chi connectivity index (χ2v) is 34.3. The number of methoxy groups -OCH3 is 3. The van der Waals surface area contributed by atoms with Crippen molar-refractivity contribution in [1.82, 2.24) is 4.90 Å². The zero-order valence-corrected chi connectivity index (χ0v) is 49.3. The molecule has 71 heavy (non-hydrogen) atoms. The molecular weight excluding hydrogens is 942 g/mol. The van der Waals surface area contributed by atoms with E-state index in [0.29, 0.717) is 31.3 Å². The van der Waals surface area contributed by atoms with Gasteiger partial charge >= 0.3 is 5.97 Å². The summed E-state index contributed by atoms with van der Waals surface area (Å²) in [7, 11) is -0.0426. The molecule has 15 unspecified atom stereocenters. The fourth-order valence-electron chi connectivity index (χ4n) is 10.7. The molecule has 15 atom stereocenters. The average Bonchev–Trinajstić information content (AvgIpc) is 3.30. The SMILES string of the molecule is CCC1C=C(C)C(F)C(C)CC(OC)C2OC(O)(C(=O)C(=O)N3CCCCC3C(=O)OC(C(C)=CC3CCC(O[Si](C)(C)C(C)(C)C)C(OC)C3)C(C)C(O[Si](C)(C)C(C)(C)C)CC1=O)C(C)CC2OC. The molecule has 1 N–H and O–H groups in total. The largest absolute Gasteiger partial charge is 0.456 e. The van der Waals surface area contributed by atoms with Gasteiger partial charge in [-0.2, -0.15) is 0 Å². The molecule has 1 saturated carbocycles. The Morgan fingerprint density at radius 3 is 1.94 bits per heavy atom. The first-order chi connectivity index (χ1) is 32.8. The van der Waals surface area contributed by atoms with Crippen LogP contribution in [0.5, 0.6) is 0 Å². The van der Waals surface area contributed by atoms with Crippen LogP contribution in [-0.2, 0) is 51.7 Å². The minimum Gasteiger partial charge on any atom is -0.456 e. The molecule has 4 rings (SSSR count). The Bertz CT molecular complexity index is 1900. The van der Waals surface area contributed by atoms with Crippen LogP contribution in [-0.4, -0.2) is 139 Å². The first kappa shape index (κ1) is 61.4. The Balaban J connectivity index is 1.89. The molecule has 16 heteroatoms. The van der Waals surface area contributed by atoms with E-state index in [2.05, 4.69) is 73.8 Å². The van der Waals surface area contributed by atoms with E-state index in [1.165, 1.54) is 19.1 Å². The Labute approximate surface area is 429 Å². The van der Waals surface area contributed by atoms with Crippen molar-refractivity contribution in [1.29, 1.82) is 0 Å². The van der Waals surface area contributed by atoms with Crippen LogP contribution >= 0.6 is 0 Å². The molecule has 4 aliphatic rings. The number of carbonyl (C=O) groups is 4. The van der Waals surface area contributed by atoms with Crippen LogP contribution < -0.4 is 0 Å². The molecule has 13 nitrogen and oxygen atoms in total. The van der Waals surface area contributed by atoms with Crippen LogP contribution in [0.25, 0.3) is 0 Å². The molecule has 3 heterocycles. The number of ether oxygens (including phenoxy) is 5. The number of cyclic esters (lactones) is 1. The highest BCUT2D eigenvalue weighted by Gasteiger charge is 2.57. The number of hydrogen-bond acceptors (Lipinski definition) is 12. The lowest BCUT2D eigenvalue weighted by molar-refractivity contribution is -0.302. The van der Waals surface area contributed by atoms with E-state index in [4.69, 9.17) is 32.5 Å². The second-order valence-electron chi connectivity index (χ2n) is 24.8. The van der Waals surface area contributed by atoms with E-state index >= 15 is 9.18 Å². The quantitative estimate of drug-likeness (QED) is 0.0958. The number of fused-ring (bicyclic) bond motifs is 3. The summed E-state index contributed by atoms with van der Waals surface area (Å²) < 4.78 is 61.7. The van der Waals surface area contributed by atoms with E-state index in [0.717, 1.165) is 18.4 Å². The topological polar surface area (TPSA) is 156 Å². The number of rotatable bonds is 10. The summed E-state index contributed by atoms with van der Waals surface area (Å²) in [6.45, 7) is 32.9. The van der Waals surface area contributed by atoms with Gasteiger partial charge in [0.1, 0.15) is 30.2 Å². The summed E-state index contributed by atoms with van der Waals surface area (Å²) in [6, 6.07) is -1.14. The summed E-state index contributed by atoms with van der Waals surface area (Å²) in [6.07, 6.45) is 2.33. The van der Waals surface area contributed by atoms with Gasteiger partial charge < -0.3 is 42.5 Å². The molecule has 2 saturated heterocycles. The number of halogens is 1. The fourth-order valence-corrected chi connectivity index (χ4v) is 13.4. The van der Waals surface area contributed by atoms with Crippen molar-refractivity contribution < 1.29 is 61.2 Å². The van der Waals surface area contributed by atoms with E-state index in [9.17, 15) is 19.5 Å². The van der Waals surface area contributed by atoms with Gasteiger partial charge in [-0.05, 0) is 131 Å². The highest BCUT2D eigenvalue weighted by Crippen LogP contribution is 2.44. The number of piperidine rings is 1. The van der Waals surface area contributed by atoms with Crippen LogP contribution in [0.4, 0.5) is 4.39 Å². The molecule has 3 aliphatic heterocycles. The monoisotopic (exact) mass is 1040 g/mol. The lowest BCUT2D eigenvalue weighted by atomic mass is 9.81. The van der Waals surface area contributed by atoms with Gasteiger partial charge in [-0.1, -0.05) is 81.4 Å². The minimum atomic E-state index is -2.61. The highest BCUT2D eigenvalue weighted by atomic mass is 28.4. The summed E-state index contributed by atoms with van der Waals surface area (Å²) in [5, 5.41) is 12.0. The first-order valence-electron chi connectivity index (χ1n) is 26.7. The van der Waals surface area contributed by atoms with Crippen LogP contribution in [0, 0.1) is 29.6 Å². The molecular formula is C55H96FNO12Si2. The van der Waals surface area contributed by atoms with Gasteiger partial charge in [-0.3, -0.25) is 14.4 Å². The third kappa shape index (κ3) is 14.4. The predicted octanol–water partition coefficient (Wildman–Crippen LogP) is 10.5. The fraction of sp³-hybridized carbons (Fsp3) is 0.855. The lowest BCUT2D eigenvalue weighted by Gasteiger charge is -2.47. The van der Waals surface area contributed by atoms with Crippen molar-refractivity contribution in [3.63, 3.8) is 0 Å². The van der Waals surface area contributed by atoms with Crippen molar-refractivity contribution >= 4 is 40.1 Å². The summed E-state index contributed by atoms with van der Waals surface area (Å²) in [4.78, 5) is 60.2. The highest BCUT2D eigenvalue weighted by molar-refractivity contribution is 6.74. The predicted molar refractivity (Wildman–Crippen MR) is 280 cm³/mol. The summed E-state index contributed by atoms with van der Waals surface area (Å²) in [5.41, 5.74) is 1.17. The molecule has 0 radical (unpaired) electrons. The number of ketones is 2. The van der Waals surface area contributed by atoms with Crippen molar-refractivity contribution in [3.05, 3.63) is 23.3 Å². The maximum Gasteiger partial charge on any atom is 0.329 e. The Hall–Kier alpha value is -2.16. The van der Waals surface area contributed by atoms with Crippen molar-refractivity contribution in [2.24, 2.45) is 29.6 Å². The molecule has 2 bridgehead atoms. The molecule has 1 aliphatic carbocycles. The zero-order valence-electron chi connectivity index (χ0n) is 47.3. The Morgan fingerprint density at radius 1 is 0.831 bits per heavy atom. The van der Waals surface area contributed by atoms with Gasteiger partial charge in [0.2, 0.25) is 5.79 Å². The number of hydrogen-bond donors (Lipinski definition) is 1. The van der Waals surface area contributed by atoms with Gasteiger partial charge in [-0.15, -0.1) is 0 Å². The Kier molecular flexibility index (Phi) is 21.3. The second kappa shape index (κ2) is 24.7. The number of esters is 1. The van der Waals surface area contributed by atoms with Gasteiger partial charge in [0.15, 0.2) is 16.6 Å². The third-order valence-electron chi connectivity index (χ3n) is 17.6. The van der Waals surface area contributed by atoms with Crippen molar-refractivity contribution in [2.45, 2.75) is 244 Å². The number of allylic oxidation sites excluding steroid dienone is 3. The van der Waals surface area contributed by atoms with Crippen LogP contribution in [0.3, 0.4) is 0 Å². The van der Waals surface area contributed by atoms with Crippen LogP contribution in [0.15, 0.2) is 23.3 Å². The Morgan fingerprint density at radius 2 is 1.39 bits per heavy atom. The van der Waals surface area contributed by atoms with Crippen LogP contribution in [0.1, 0.15) is 147 Å². The molecule has 0 aromatic rings. The summed E-state index contributed by atoms with van der Waals surface area (Å²) in [5.74, 6) is -8.32. The number of nitrogens with zero attached hydrogens (tertiary/aromatic N) is 1. The number of amides is 1. The molecule has 408 valence electrons. The standard InChI is InChI=1S/C55H96FNO12Si2/c1-20-39-28-33(2)47(56)34(3)29-45(64-14)49-46(65-15)30-36(5)55(62,67-49)50(59)51(60)57-26-22-21-23-40(57)52(61)66-48(37(6)43(32-41(39)58)69-71(18,19)54(10,11)12)35(4)27-38-24-25-42(44(31-38)63-13)68-70(16,17)53(7,8)9/h27-28,34,36-40,42-49,62H,20-26,29-32H2,1-19H3. The van der Waals surface area contributed by atoms with Gasteiger partial charge in [0, 0.05) is 52.0 Å². The van der Waals surface area contributed by atoms with Gasteiger partial charge in [0.05, 0.1) is 30.5 Å². The van der Waals surface area contributed by atoms with Crippen molar-refractivity contribution in [3.8, 4) is 0 Å². The van der Waals surface area contributed by atoms with E-state index in [1.807, 2.05) is 20.8 Å². The third-order valence-corrected chi connectivity index (χ3v) is 26.6. The molecule has 0 spiro atoms. The smallest absolute Gasteiger partial charge is 0.329 e. The first-order valence-corrected chi connectivity index (χ1v) is 32.5. The normalized spacial score (nSPS) is 36.7. The molecule has 0 aromatic heterocycles. The molecule has 0 aromatic carbocycles. The number of carbonyl (C=O) groups excluding carboxylic acids is 4.